The number of hydrogen-bond donors (Lipinski definition) is 0. The summed E-state index contributed by atoms with van der Waals surface area (Å²) in [4.78, 5) is 0. The van der Waals surface area contributed by atoms with E-state index in [2.05, 4.69) is 152 Å². The summed E-state index contributed by atoms with van der Waals surface area (Å²) >= 11 is 0. The fourth-order valence-electron chi connectivity index (χ4n) is 7.67. The smallest absolute Gasteiger partial charge is 0.250 e. The zero-order valence-corrected chi connectivity index (χ0v) is 23.6. The van der Waals surface area contributed by atoms with E-state index in [0.29, 0.717) is 0 Å². The minimum absolute atomic E-state index is 0.121. The van der Waals surface area contributed by atoms with Gasteiger partial charge >= 0.3 is 0 Å². The lowest BCUT2D eigenvalue weighted by molar-refractivity contribution is 0.487. The van der Waals surface area contributed by atoms with Crippen LogP contribution in [0.5, 0.6) is 11.5 Å². The number of hydrogen-bond acceptors (Lipinski definition) is 1. The van der Waals surface area contributed by atoms with Gasteiger partial charge in [0.25, 0.3) is 6.71 Å². The molecule has 1 aliphatic carbocycles. The molecule has 1 aliphatic heterocycles. The lowest BCUT2D eigenvalue weighted by Gasteiger charge is -2.27. The normalized spacial score (nSPS) is 14.3. The van der Waals surface area contributed by atoms with Crippen molar-refractivity contribution in [3.05, 3.63) is 145 Å². The van der Waals surface area contributed by atoms with Crippen LogP contribution in [0.4, 0.5) is 0 Å². The minimum Gasteiger partial charge on any atom is -0.458 e. The first-order valence-electron chi connectivity index (χ1n) is 14.7. The van der Waals surface area contributed by atoms with Gasteiger partial charge < -0.3 is 9.30 Å². The summed E-state index contributed by atoms with van der Waals surface area (Å²) in [7, 11) is 0. The van der Waals surface area contributed by atoms with E-state index in [1.165, 1.54) is 60.4 Å². The van der Waals surface area contributed by atoms with Crippen LogP contribution in [-0.4, -0.2) is 11.3 Å². The molecule has 2 aliphatic rings. The molecule has 7 aromatic rings. The maximum Gasteiger partial charge on any atom is 0.250 e. The van der Waals surface area contributed by atoms with Crippen LogP contribution in [0.2, 0.25) is 0 Å². The van der Waals surface area contributed by atoms with Crippen LogP contribution in [0, 0.1) is 0 Å². The van der Waals surface area contributed by atoms with Crippen molar-refractivity contribution in [2.45, 2.75) is 19.3 Å². The topological polar surface area (TPSA) is 14.2 Å². The lowest BCUT2D eigenvalue weighted by atomic mass is 9.36. The molecular weight excluding hydrogens is 509 g/mol. The summed E-state index contributed by atoms with van der Waals surface area (Å²) in [5, 5.41) is 2.56. The van der Waals surface area contributed by atoms with Gasteiger partial charge in [-0.25, -0.2) is 0 Å². The molecule has 0 radical (unpaired) electrons. The van der Waals surface area contributed by atoms with Crippen molar-refractivity contribution in [3.63, 3.8) is 0 Å². The molecular formula is C39H28BNO. The van der Waals surface area contributed by atoms with Crippen LogP contribution in [0.3, 0.4) is 0 Å². The van der Waals surface area contributed by atoms with Gasteiger partial charge in [0.2, 0.25) is 0 Å². The third-order valence-electron chi connectivity index (χ3n) is 9.50. The average Bonchev–Trinajstić information content (AvgIpc) is 3.49. The Morgan fingerprint density at radius 1 is 0.595 bits per heavy atom. The standard InChI is InChI=1S/C39H28BNO/c1-39(2)31-16-8-6-14-27(31)29-21-22-30-28-15-7-10-18-34(28)41(38(30)37(29)39)26-20-23-33-36(24-26)42-35-19-11-9-17-32(35)40(33)25-12-4-3-5-13-25/h3-24H,1-2H3. The van der Waals surface area contributed by atoms with Gasteiger partial charge in [-0.2, -0.15) is 0 Å². The van der Waals surface area contributed by atoms with Gasteiger partial charge in [0.05, 0.1) is 11.0 Å². The maximum atomic E-state index is 6.66. The van der Waals surface area contributed by atoms with Crippen molar-refractivity contribution in [2.75, 3.05) is 0 Å². The van der Waals surface area contributed by atoms with Gasteiger partial charge in [-0.05, 0) is 51.4 Å². The largest absolute Gasteiger partial charge is 0.458 e. The summed E-state index contributed by atoms with van der Waals surface area (Å²) in [5.41, 5.74) is 12.6. The van der Waals surface area contributed by atoms with E-state index in [0.717, 1.165) is 17.2 Å². The molecule has 42 heavy (non-hydrogen) atoms. The molecule has 0 atom stereocenters. The summed E-state index contributed by atoms with van der Waals surface area (Å²) < 4.78 is 9.13. The van der Waals surface area contributed by atoms with Crippen LogP contribution < -0.4 is 21.1 Å². The van der Waals surface area contributed by atoms with E-state index < -0.39 is 0 Å². The maximum absolute atomic E-state index is 6.66. The van der Waals surface area contributed by atoms with Crippen molar-refractivity contribution in [2.24, 2.45) is 0 Å². The molecule has 6 aromatic carbocycles. The Balaban J connectivity index is 1.33. The van der Waals surface area contributed by atoms with Crippen LogP contribution in [0.25, 0.3) is 38.6 Å². The number of benzene rings is 6. The first kappa shape index (κ1) is 23.7. The molecule has 0 unspecified atom stereocenters. The number of aromatic nitrogens is 1. The van der Waals surface area contributed by atoms with Gasteiger partial charge in [-0.15, -0.1) is 0 Å². The van der Waals surface area contributed by atoms with E-state index in [9.17, 15) is 0 Å². The van der Waals surface area contributed by atoms with E-state index in [4.69, 9.17) is 4.74 Å². The Bertz CT molecular complexity index is 2210. The molecule has 9 rings (SSSR count). The summed E-state index contributed by atoms with van der Waals surface area (Å²) in [6, 6.07) is 48.4. The van der Waals surface area contributed by atoms with Crippen LogP contribution in [0.1, 0.15) is 25.0 Å². The highest BCUT2D eigenvalue weighted by atomic mass is 16.5. The lowest BCUT2D eigenvalue weighted by Crippen LogP contribution is -2.54. The Morgan fingerprint density at radius 3 is 2.24 bits per heavy atom. The number of nitrogens with zero attached hydrogens (tertiary/aromatic N) is 1. The second-order valence-electron chi connectivity index (χ2n) is 12.1. The Labute approximate surface area is 245 Å². The van der Waals surface area contributed by atoms with Crippen molar-refractivity contribution in [1.29, 1.82) is 0 Å². The molecule has 1 aromatic heterocycles. The quantitative estimate of drug-likeness (QED) is 0.206. The summed E-state index contributed by atoms with van der Waals surface area (Å²) in [6.07, 6.45) is 0. The van der Waals surface area contributed by atoms with Crippen molar-refractivity contribution in [1.82, 2.24) is 4.57 Å². The van der Waals surface area contributed by atoms with Gasteiger partial charge in [0.15, 0.2) is 0 Å². The number of fused-ring (bicyclic) bond motifs is 9. The second kappa shape index (κ2) is 8.50. The Kier molecular flexibility index (Phi) is 4.79. The third kappa shape index (κ3) is 3.11. The zero-order chi connectivity index (χ0) is 28.0. The molecule has 0 bridgehead atoms. The molecule has 0 saturated carbocycles. The highest BCUT2D eigenvalue weighted by Crippen LogP contribution is 2.52. The predicted molar refractivity (Wildman–Crippen MR) is 176 cm³/mol. The fourth-order valence-corrected chi connectivity index (χ4v) is 7.67. The van der Waals surface area contributed by atoms with Crippen LogP contribution in [-0.2, 0) is 5.41 Å². The molecule has 0 spiro atoms. The Hall–Kier alpha value is -5.02. The molecule has 0 fully saturated rings. The molecule has 0 saturated heterocycles. The van der Waals surface area contributed by atoms with Crippen molar-refractivity contribution < 1.29 is 4.74 Å². The van der Waals surface area contributed by atoms with Gasteiger partial charge in [-0.3, -0.25) is 0 Å². The van der Waals surface area contributed by atoms with Gasteiger partial charge in [0, 0.05) is 27.9 Å². The minimum atomic E-state index is -0.125. The first-order valence-corrected chi connectivity index (χ1v) is 14.7. The molecule has 2 heterocycles. The highest BCUT2D eigenvalue weighted by Gasteiger charge is 2.38. The molecule has 2 nitrogen and oxygen atoms in total. The molecule has 0 N–H and O–H groups in total. The monoisotopic (exact) mass is 537 g/mol. The third-order valence-corrected chi connectivity index (χ3v) is 9.50. The van der Waals surface area contributed by atoms with Crippen LogP contribution >= 0.6 is 0 Å². The van der Waals surface area contributed by atoms with E-state index in [1.807, 2.05) is 0 Å². The predicted octanol–water partition coefficient (Wildman–Crippen LogP) is 7.71. The molecule has 198 valence electrons. The van der Waals surface area contributed by atoms with Gasteiger partial charge in [0.1, 0.15) is 11.5 Å². The fraction of sp³-hybridized carbons (Fsp3) is 0.0769. The number of ether oxygens (including phenoxy) is 1. The van der Waals surface area contributed by atoms with Crippen LogP contribution in [0.15, 0.2) is 133 Å². The van der Waals surface area contributed by atoms with E-state index >= 15 is 0 Å². The van der Waals surface area contributed by atoms with E-state index in [1.54, 1.807) is 0 Å². The van der Waals surface area contributed by atoms with Crippen molar-refractivity contribution >= 4 is 44.9 Å². The second-order valence-corrected chi connectivity index (χ2v) is 12.1. The zero-order valence-electron chi connectivity index (χ0n) is 23.6. The summed E-state index contributed by atoms with van der Waals surface area (Å²) in [6.45, 7) is 4.86. The number of rotatable bonds is 2. The Morgan fingerprint density at radius 2 is 1.33 bits per heavy atom. The summed E-state index contributed by atoms with van der Waals surface area (Å²) in [5.74, 6) is 1.84. The molecule has 0 amide bonds. The average molecular weight is 537 g/mol. The SMILES string of the molecule is CC1(C)c2ccccc2-c2ccc3c4ccccc4n(-c4ccc5c(c4)Oc4ccccc4B5c4ccccc4)c3c21. The van der Waals surface area contributed by atoms with Gasteiger partial charge in [-0.1, -0.05) is 129 Å². The van der Waals surface area contributed by atoms with Crippen molar-refractivity contribution in [3.8, 4) is 28.3 Å². The number of para-hydroxylation sites is 2. The first-order chi connectivity index (χ1) is 20.6. The van der Waals surface area contributed by atoms with E-state index in [-0.39, 0.29) is 12.1 Å². The highest BCUT2D eigenvalue weighted by molar-refractivity contribution is 6.96. The molecule has 3 heteroatoms.